The van der Waals surface area contributed by atoms with Gasteiger partial charge in [0.1, 0.15) is 0 Å². The fourth-order valence-corrected chi connectivity index (χ4v) is 3.94. The van der Waals surface area contributed by atoms with E-state index in [0.29, 0.717) is 6.04 Å². The summed E-state index contributed by atoms with van der Waals surface area (Å²) >= 11 is 0. The van der Waals surface area contributed by atoms with Crippen LogP contribution < -0.4 is 0 Å². The summed E-state index contributed by atoms with van der Waals surface area (Å²) in [6.45, 7) is 6.88. The lowest BCUT2D eigenvalue weighted by molar-refractivity contribution is 0.0390. The highest BCUT2D eigenvalue weighted by atomic mass is 16.2. The summed E-state index contributed by atoms with van der Waals surface area (Å²) < 4.78 is 0. The molecule has 0 bridgehead atoms. The molecular formula is C19H25NO. The van der Waals surface area contributed by atoms with Crippen LogP contribution in [0.15, 0.2) is 30.8 Å². The predicted octanol–water partition coefficient (Wildman–Crippen LogP) is 4.51. The van der Waals surface area contributed by atoms with Crippen molar-refractivity contribution in [1.82, 2.24) is 4.90 Å². The van der Waals surface area contributed by atoms with Crippen LogP contribution in [0, 0.1) is 5.92 Å². The molecule has 1 aliphatic carbocycles. The third-order valence-electron chi connectivity index (χ3n) is 5.13. The Balaban J connectivity index is 1.78. The predicted molar refractivity (Wildman–Crippen MR) is 87.2 cm³/mol. The highest BCUT2D eigenvalue weighted by molar-refractivity contribution is 5.94. The molecule has 1 aliphatic heterocycles. The third-order valence-corrected chi connectivity index (χ3v) is 5.13. The van der Waals surface area contributed by atoms with E-state index in [2.05, 4.69) is 11.5 Å². The number of nitrogens with zero attached hydrogens (tertiary/aromatic N) is 1. The molecule has 2 heteroatoms. The second kappa shape index (κ2) is 6.05. The lowest BCUT2D eigenvalue weighted by Gasteiger charge is -2.44. The number of carbonyl (C=O) groups excluding carboxylic acids is 1. The Kier molecular flexibility index (Phi) is 4.14. The van der Waals surface area contributed by atoms with Gasteiger partial charge in [-0.1, -0.05) is 37.1 Å². The maximum Gasteiger partial charge on any atom is 0.254 e. The summed E-state index contributed by atoms with van der Waals surface area (Å²) in [5, 5.41) is 0. The molecule has 0 spiro atoms. The standard InChI is InChI=1S/C19H25NO/c1-14(2)15-9-11-17(12-10-15)19(21)20-13-5-7-16-6-3-4-8-18(16)20/h9-12,16,18H,1,3-8,13H2,2H3/t16?,18-/m0/s1. The quantitative estimate of drug-likeness (QED) is 0.781. The van der Waals surface area contributed by atoms with Crippen LogP contribution in [-0.2, 0) is 0 Å². The lowest BCUT2D eigenvalue weighted by atomic mass is 9.78. The average Bonchev–Trinajstić information content (AvgIpc) is 2.53. The maximum absolute atomic E-state index is 12.8. The van der Waals surface area contributed by atoms with Gasteiger partial charge in [0.15, 0.2) is 0 Å². The first-order valence-corrected chi connectivity index (χ1v) is 8.24. The minimum atomic E-state index is 0.222. The molecule has 0 radical (unpaired) electrons. The van der Waals surface area contributed by atoms with E-state index in [0.717, 1.165) is 35.6 Å². The number of hydrogen-bond donors (Lipinski definition) is 0. The number of carbonyl (C=O) groups is 1. The van der Waals surface area contributed by atoms with Gasteiger partial charge in [-0.2, -0.15) is 0 Å². The molecule has 2 fully saturated rings. The van der Waals surface area contributed by atoms with Crippen molar-refractivity contribution in [1.29, 1.82) is 0 Å². The summed E-state index contributed by atoms with van der Waals surface area (Å²) in [6, 6.07) is 8.42. The zero-order valence-corrected chi connectivity index (χ0v) is 13.0. The van der Waals surface area contributed by atoms with Crippen LogP contribution >= 0.6 is 0 Å². The van der Waals surface area contributed by atoms with Crippen molar-refractivity contribution in [3.8, 4) is 0 Å². The molecule has 2 atom stereocenters. The number of likely N-dealkylation sites (tertiary alicyclic amines) is 1. The van der Waals surface area contributed by atoms with Crippen LogP contribution in [0.25, 0.3) is 5.57 Å². The second-order valence-corrected chi connectivity index (χ2v) is 6.61. The van der Waals surface area contributed by atoms with Crippen LogP contribution in [0.5, 0.6) is 0 Å². The normalized spacial score (nSPS) is 25.3. The van der Waals surface area contributed by atoms with E-state index < -0.39 is 0 Å². The second-order valence-electron chi connectivity index (χ2n) is 6.61. The summed E-state index contributed by atoms with van der Waals surface area (Å²) in [6.07, 6.45) is 7.60. The van der Waals surface area contributed by atoms with Crippen molar-refractivity contribution in [2.24, 2.45) is 5.92 Å². The molecule has 1 aromatic carbocycles. The smallest absolute Gasteiger partial charge is 0.254 e. The van der Waals surface area contributed by atoms with Gasteiger partial charge < -0.3 is 4.90 Å². The number of rotatable bonds is 2. The molecule has 1 unspecified atom stereocenters. The zero-order valence-electron chi connectivity index (χ0n) is 13.0. The largest absolute Gasteiger partial charge is 0.335 e. The van der Waals surface area contributed by atoms with Gasteiger partial charge in [0.25, 0.3) is 5.91 Å². The van der Waals surface area contributed by atoms with E-state index in [4.69, 9.17) is 0 Å². The molecule has 21 heavy (non-hydrogen) atoms. The molecule has 1 heterocycles. The van der Waals surface area contributed by atoms with Crippen LogP contribution in [0.4, 0.5) is 0 Å². The molecule has 1 amide bonds. The number of hydrogen-bond acceptors (Lipinski definition) is 1. The number of piperidine rings is 1. The van der Waals surface area contributed by atoms with E-state index >= 15 is 0 Å². The van der Waals surface area contributed by atoms with Crippen molar-refractivity contribution in [3.05, 3.63) is 42.0 Å². The van der Waals surface area contributed by atoms with Crippen LogP contribution in [0.3, 0.4) is 0 Å². The summed E-state index contributed by atoms with van der Waals surface area (Å²) in [4.78, 5) is 15.0. The third kappa shape index (κ3) is 2.90. The Labute approximate surface area is 127 Å². The van der Waals surface area contributed by atoms with Gasteiger partial charge >= 0.3 is 0 Å². The van der Waals surface area contributed by atoms with Crippen molar-refractivity contribution in [3.63, 3.8) is 0 Å². The molecule has 0 N–H and O–H groups in total. The van der Waals surface area contributed by atoms with E-state index in [1.807, 2.05) is 31.2 Å². The van der Waals surface area contributed by atoms with Crippen LogP contribution in [0.2, 0.25) is 0 Å². The number of fused-ring (bicyclic) bond motifs is 1. The van der Waals surface area contributed by atoms with Crippen LogP contribution in [-0.4, -0.2) is 23.4 Å². The molecule has 1 saturated carbocycles. The first kappa shape index (κ1) is 14.4. The van der Waals surface area contributed by atoms with Gasteiger partial charge in [0.05, 0.1) is 0 Å². The molecule has 112 valence electrons. The van der Waals surface area contributed by atoms with Gasteiger partial charge in [0, 0.05) is 18.2 Å². The zero-order chi connectivity index (χ0) is 14.8. The van der Waals surface area contributed by atoms with E-state index in [9.17, 15) is 4.79 Å². The van der Waals surface area contributed by atoms with E-state index in [1.54, 1.807) is 0 Å². The van der Waals surface area contributed by atoms with Crippen molar-refractivity contribution in [2.75, 3.05) is 6.54 Å². The van der Waals surface area contributed by atoms with Gasteiger partial charge in [0.2, 0.25) is 0 Å². The Morgan fingerprint density at radius 1 is 1.05 bits per heavy atom. The minimum Gasteiger partial charge on any atom is -0.335 e. The fourth-order valence-electron chi connectivity index (χ4n) is 3.94. The van der Waals surface area contributed by atoms with Gasteiger partial charge in [-0.15, -0.1) is 0 Å². The Bertz CT molecular complexity index is 529. The number of benzene rings is 1. The van der Waals surface area contributed by atoms with Gasteiger partial charge in [-0.25, -0.2) is 0 Å². The van der Waals surface area contributed by atoms with Crippen molar-refractivity contribution in [2.45, 2.75) is 51.5 Å². The van der Waals surface area contributed by atoms with Gasteiger partial charge in [-0.05, 0) is 56.2 Å². The van der Waals surface area contributed by atoms with Crippen molar-refractivity contribution >= 4 is 11.5 Å². The molecule has 0 aromatic heterocycles. The average molecular weight is 283 g/mol. The molecule has 1 saturated heterocycles. The molecule has 1 aromatic rings. The fraction of sp³-hybridized carbons (Fsp3) is 0.526. The highest BCUT2D eigenvalue weighted by Gasteiger charge is 2.35. The van der Waals surface area contributed by atoms with Crippen LogP contribution in [0.1, 0.15) is 61.4 Å². The highest BCUT2D eigenvalue weighted by Crippen LogP contribution is 2.35. The summed E-state index contributed by atoms with van der Waals surface area (Å²) in [7, 11) is 0. The van der Waals surface area contributed by atoms with Crippen molar-refractivity contribution < 1.29 is 4.79 Å². The molecular weight excluding hydrogens is 258 g/mol. The number of allylic oxidation sites excluding steroid dienone is 1. The topological polar surface area (TPSA) is 20.3 Å². The Hall–Kier alpha value is -1.57. The molecule has 2 aliphatic rings. The lowest BCUT2D eigenvalue weighted by Crippen LogP contribution is -2.49. The molecule has 2 nitrogen and oxygen atoms in total. The maximum atomic E-state index is 12.8. The number of amides is 1. The SMILES string of the molecule is C=C(C)c1ccc(C(=O)N2CCCC3CCCC[C@@H]32)cc1. The summed E-state index contributed by atoms with van der Waals surface area (Å²) in [5.41, 5.74) is 2.98. The van der Waals surface area contributed by atoms with E-state index in [1.165, 1.54) is 32.1 Å². The molecule has 3 rings (SSSR count). The minimum absolute atomic E-state index is 0.222. The Morgan fingerprint density at radius 2 is 1.67 bits per heavy atom. The van der Waals surface area contributed by atoms with Gasteiger partial charge in [-0.3, -0.25) is 4.79 Å². The Morgan fingerprint density at radius 3 is 2.38 bits per heavy atom. The summed E-state index contributed by atoms with van der Waals surface area (Å²) in [5.74, 6) is 0.964. The first-order chi connectivity index (χ1) is 10.2. The first-order valence-electron chi connectivity index (χ1n) is 8.24. The monoisotopic (exact) mass is 283 g/mol. The van der Waals surface area contributed by atoms with E-state index in [-0.39, 0.29) is 5.91 Å².